The van der Waals surface area contributed by atoms with Gasteiger partial charge in [-0.3, -0.25) is 0 Å². The van der Waals surface area contributed by atoms with Crippen molar-refractivity contribution in [3.63, 3.8) is 0 Å². The zero-order chi connectivity index (χ0) is 16.0. The van der Waals surface area contributed by atoms with Crippen molar-refractivity contribution in [3.05, 3.63) is 41.6 Å². The monoisotopic (exact) mass is 308 g/mol. The standard InChI is InChI=1S/C17H20N6/c1-10(2)16-21-14(11-5-6-11)13-8-20-23(17(13)22-16)9-12-4-3-7-19-15(12)18/h3-4,7-8,10-11H,5-6,9H2,1-2H3,(H2,18,19). The molecule has 6 heteroatoms. The maximum Gasteiger partial charge on any atom is 0.162 e. The van der Waals surface area contributed by atoms with Crippen molar-refractivity contribution in [3.8, 4) is 0 Å². The number of nitrogens with two attached hydrogens (primary N) is 1. The first-order valence-electron chi connectivity index (χ1n) is 8.06. The van der Waals surface area contributed by atoms with Crippen molar-refractivity contribution >= 4 is 16.9 Å². The fourth-order valence-corrected chi connectivity index (χ4v) is 2.78. The van der Waals surface area contributed by atoms with E-state index in [4.69, 9.17) is 15.7 Å². The Morgan fingerprint density at radius 3 is 2.83 bits per heavy atom. The first-order chi connectivity index (χ1) is 11.1. The van der Waals surface area contributed by atoms with Gasteiger partial charge in [-0.2, -0.15) is 5.10 Å². The van der Waals surface area contributed by atoms with Crippen LogP contribution in [0.15, 0.2) is 24.5 Å². The summed E-state index contributed by atoms with van der Waals surface area (Å²) in [6.07, 6.45) is 6.01. The molecule has 0 spiro atoms. The molecule has 1 aliphatic carbocycles. The maximum atomic E-state index is 5.96. The third-order valence-corrected chi connectivity index (χ3v) is 4.27. The van der Waals surface area contributed by atoms with E-state index in [1.54, 1.807) is 6.20 Å². The van der Waals surface area contributed by atoms with E-state index in [0.29, 0.717) is 24.2 Å². The van der Waals surface area contributed by atoms with Crippen molar-refractivity contribution in [2.75, 3.05) is 5.73 Å². The minimum absolute atomic E-state index is 0.295. The van der Waals surface area contributed by atoms with E-state index < -0.39 is 0 Å². The van der Waals surface area contributed by atoms with Crippen molar-refractivity contribution in [2.24, 2.45) is 0 Å². The van der Waals surface area contributed by atoms with E-state index in [2.05, 4.69) is 23.9 Å². The number of hydrogen-bond donors (Lipinski definition) is 1. The number of nitrogens with zero attached hydrogens (tertiary/aromatic N) is 5. The van der Waals surface area contributed by atoms with Crippen LogP contribution in [-0.2, 0) is 6.54 Å². The van der Waals surface area contributed by atoms with Crippen molar-refractivity contribution < 1.29 is 0 Å². The van der Waals surface area contributed by atoms with Gasteiger partial charge in [0.05, 0.1) is 23.8 Å². The first kappa shape index (κ1) is 14.1. The summed E-state index contributed by atoms with van der Waals surface area (Å²) >= 11 is 0. The average Bonchev–Trinajstić information content (AvgIpc) is 3.31. The Morgan fingerprint density at radius 2 is 2.13 bits per heavy atom. The summed E-state index contributed by atoms with van der Waals surface area (Å²) < 4.78 is 1.90. The Bertz CT molecular complexity index is 863. The van der Waals surface area contributed by atoms with Gasteiger partial charge in [0, 0.05) is 23.6 Å². The number of rotatable bonds is 4. The quantitative estimate of drug-likeness (QED) is 0.801. The molecule has 0 aromatic carbocycles. The summed E-state index contributed by atoms with van der Waals surface area (Å²) in [5.41, 5.74) is 8.97. The SMILES string of the molecule is CC(C)c1nc(C2CC2)c2cnn(Cc3cccnc3N)c2n1. The number of hydrogen-bond acceptors (Lipinski definition) is 5. The Hall–Kier alpha value is -2.50. The molecule has 23 heavy (non-hydrogen) atoms. The van der Waals surface area contributed by atoms with Gasteiger partial charge in [-0.1, -0.05) is 19.9 Å². The van der Waals surface area contributed by atoms with Crippen LogP contribution in [0, 0.1) is 0 Å². The molecule has 0 aliphatic heterocycles. The molecule has 3 aromatic rings. The van der Waals surface area contributed by atoms with Crippen LogP contribution in [0.4, 0.5) is 5.82 Å². The molecule has 1 saturated carbocycles. The number of nitrogen functional groups attached to an aromatic ring is 1. The zero-order valence-electron chi connectivity index (χ0n) is 13.4. The molecule has 0 radical (unpaired) electrons. The van der Waals surface area contributed by atoms with Gasteiger partial charge in [-0.25, -0.2) is 19.6 Å². The summed E-state index contributed by atoms with van der Waals surface area (Å²) in [7, 11) is 0. The van der Waals surface area contributed by atoms with Crippen molar-refractivity contribution in [1.82, 2.24) is 24.7 Å². The van der Waals surface area contributed by atoms with E-state index in [9.17, 15) is 0 Å². The molecule has 118 valence electrons. The summed E-state index contributed by atoms with van der Waals surface area (Å²) in [5, 5.41) is 5.60. The first-order valence-corrected chi connectivity index (χ1v) is 8.06. The summed E-state index contributed by atoms with van der Waals surface area (Å²) in [5.74, 6) is 2.29. The third-order valence-electron chi connectivity index (χ3n) is 4.27. The molecular weight excluding hydrogens is 288 g/mol. The lowest BCUT2D eigenvalue weighted by molar-refractivity contribution is 0.693. The molecule has 0 atom stereocenters. The summed E-state index contributed by atoms with van der Waals surface area (Å²) in [6, 6.07) is 3.86. The molecular formula is C17H20N6. The van der Waals surface area contributed by atoms with Gasteiger partial charge in [0.25, 0.3) is 0 Å². The van der Waals surface area contributed by atoms with E-state index in [0.717, 1.165) is 28.1 Å². The number of aromatic nitrogens is 5. The largest absolute Gasteiger partial charge is 0.383 e. The smallest absolute Gasteiger partial charge is 0.162 e. The lowest BCUT2D eigenvalue weighted by atomic mass is 10.1. The van der Waals surface area contributed by atoms with E-state index in [1.807, 2.05) is 23.0 Å². The van der Waals surface area contributed by atoms with Gasteiger partial charge < -0.3 is 5.73 Å². The molecule has 0 unspecified atom stereocenters. The second-order valence-corrected chi connectivity index (χ2v) is 6.48. The molecule has 2 N–H and O–H groups in total. The average molecular weight is 308 g/mol. The van der Waals surface area contributed by atoms with Crippen molar-refractivity contribution in [1.29, 1.82) is 0 Å². The lowest BCUT2D eigenvalue weighted by Crippen LogP contribution is -2.08. The highest BCUT2D eigenvalue weighted by atomic mass is 15.3. The van der Waals surface area contributed by atoms with Gasteiger partial charge >= 0.3 is 0 Å². The van der Waals surface area contributed by atoms with E-state index >= 15 is 0 Å². The van der Waals surface area contributed by atoms with Gasteiger partial charge in [0.2, 0.25) is 0 Å². The van der Waals surface area contributed by atoms with Gasteiger partial charge in [0.1, 0.15) is 11.6 Å². The molecule has 4 rings (SSSR count). The third kappa shape index (κ3) is 2.54. The highest BCUT2D eigenvalue weighted by molar-refractivity contribution is 5.78. The minimum Gasteiger partial charge on any atom is -0.383 e. The Balaban J connectivity index is 1.83. The Morgan fingerprint density at radius 1 is 1.30 bits per heavy atom. The number of fused-ring (bicyclic) bond motifs is 1. The Kier molecular flexibility index (Phi) is 3.25. The van der Waals surface area contributed by atoms with Crippen LogP contribution in [0.3, 0.4) is 0 Å². The molecule has 1 aliphatic rings. The van der Waals surface area contributed by atoms with Gasteiger partial charge in [0.15, 0.2) is 5.65 Å². The van der Waals surface area contributed by atoms with E-state index in [-0.39, 0.29) is 0 Å². The summed E-state index contributed by atoms with van der Waals surface area (Å²) in [6.45, 7) is 4.82. The highest BCUT2D eigenvalue weighted by Gasteiger charge is 2.29. The second-order valence-electron chi connectivity index (χ2n) is 6.48. The van der Waals surface area contributed by atoms with Crippen molar-refractivity contribution in [2.45, 2.75) is 45.1 Å². The zero-order valence-corrected chi connectivity index (χ0v) is 13.4. The highest BCUT2D eigenvalue weighted by Crippen LogP contribution is 2.42. The normalized spacial score (nSPS) is 14.7. The summed E-state index contributed by atoms with van der Waals surface area (Å²) in [4.78, 5) is 13.7. The number of anilines is 1. The van der Waals surface area contributed by atoms with Crippen LogP contribution < -0.4 is 5.73 Å². The predicted octanol–water partition coefficient (Wildman–Crippen LogP) is 2.85. The van der Waals surface area contributed by atoms with Crippen LogP contribution in [0.25, 0.3) is 11.0 Å². The molecule has 3 heterocycles. The minimum atomic E-state index is 0.295. The fourth-order valence-electron chi connectivity index (χ4n) is 2.78. The second kappa shape index (κ2) is 5.30. The van der Waals surface area contributed by atoms with Crippen LogP contribution in [-0.4, -0.2) is 24.7 Å². The molecule has 0 amide bonds. The van der Waals surface area contributed by atoms with Gasteiger partial charge in [-0.15, -0.1) is 0 Å². The molecule has 1 fully saturated rings. The molecule has 6 nitrogen and oxygen atoms in total. The maximum absolute atomic E-state index is 5.96. The molecule has 0 saturated heterocycles. The Labute approximate surface area is 134 Å². The fraction of sp³-hybridized carbons (Fsp3) is 0.412. The molecule has 3 aromatic heterocycles. The predicted molar refractivity (Wildman–Crippen MR) is 89.1 cm³/mol. The van der Waals surface area contributed by atoms with Crippen LogP contribution >= 0.6 is 0 Å². The molecule has 0 bridgehead atoms. The van der Waals surface area contributed by atoms with Crippen LogP contribution in [0.1, 0.15) is 55.6 Å². The topological polar surface area (TPSA) is 82.5 Å². The lowest BCUT2D eigenvalue weighted by Gasteiger charge is -2.10. The van der Waals surface area contributed by atoms with E-state index in [1.165, 1.54) is 12.8 Å². The van der Waals surface area contributed by atoms with Gasteiger partial charge in [-0.05, 0) is 18.9 Å². The van der Waals surface area contributed by atoms with Crippen LogP contribution in [0.2, 0.25) is 0 Å². The van der Waals surface area contributed by atoms with Crippen LogP contribution in [0.5, 0.6) is 0 Å². The number of pyridine rings is 1.